The van der Waals surface area contributed by atoms with E-state index < -0.39 is 0 Å². The summed E-state index contributed by atoms with van der Waals surface area (Å²) >= 11 is 0. The molecule has 0 aliphatic carbocycles. The van der Waals surface area contributed by atoms with E-state index in [0.29, 0.717) is 0 Å². The summed E-state index contributed by atoms with van der Waals surface area (Å²) in [5.74, 6) is 0.856. The first-order valence-corrected chi connectivity index (χ1v) is 3.47. The molecule has 0 bridgehead atoms. The number of nitrogens with zero attached hydrogens (tertiary/aromatic N) is 1. The van der Waals surface area contributed by atoms with E-state index in [9.17, 15) is 0 Å². The van der Waals surface area contributed by atoms with Gasteiger partial charge in [-0.15, -0.1) is 0 Å². The fourth-order valence-electron chi connectivity index (χ4n) is 0.279. The largest absolute Gasteiger partial charge is 1.00 e. The molecule has 1 aromatic heterocycles. The van der Waals surface area contributed by atoms with Crippen LogP contribution in [0.15, 0.2) is 16.8 Å². The van der Waals surface area contributed by atoms with Crippen molar-refractivity contribution in [2.24, 2.45) is 0 Å². The van der Waals surface area contributed by atoms with Gasteiger partial charge in [-0.2, -0.15) is 6.42 Å². The van der Waals surface area contributed by atoms with Crippen LogP contribution < -0.4 is 18.9 Å². The van der Waals surface area contributed by atoms with E-state index in [1.165, 1.54) is 6.42 Å². The fourth-order valence-corrected chi connectivity index (χ4v) is 0.279. The molecule has 1 aromatic rings. The topological polar surface area (TPSA) is 26.0 Å². The van der Waals surface area contributed by atoms with Crippen molar-refractivity contribution in [3.05, 3.63) is 24.9 Å². The fraction of sp³-hybridized carbons (Fsp3) is 0.500. The maximum absolute atomic E-state index is 4.58. The van der Waals surface area contributed by atoms with Gasteiger partial charge in [0.1, 0.15) is 5.76 Å². The molecule has 0 radical (unpaired) electrons. The van der Waals surface area contributed by atoms with E-state index in [1.807, 2.05) is 6.92 Å². The Morgan fingerprint density at radius 3 is 2.27 bits per heavy atom. The SMILES string of the molecule is Cc1ccno1.[CH2-]CCC.[Li+]. The number of aryl methyl sites for hydroxylation is 1. The van der Waals surface area contributed by atoms with Crippen molar-refractivity contribution in [1.82, 2.24) is 5.16 Å². The number of hydrogen-bond acceptors (Lipinski definition) is 2. The first-order valence-electron chi connectivity index (χ1n) is 3.47. The molecule has 0 unspecified atom stereocenters. The van der Waals surface area contributed by atoms with Crippen molar-refractivity contribution in [2.45, 2.75) is 26.7 Å². The predicted octanol–water partition coefficient (Wildman–Crippen LogP) is -0.392. The molecular formula is C8H14LiNO. The average Bonchev–Trinajstić information content (AvgIpc) is 2.40. The van der Waals surface area contributed by atoms with Crippen LogP contribution in [0, 0.1) is 13.8 Å². The molecule has 11 heavy (non-hydrogen) atoms. The Hall–Kier alpha value is -0.193. The second-order valence-electron chi connectivity index (χ2n) is 1.98. The van der Waals surface area contributed by atoms with Gasteiger partial charge in [-0.3, -0.25) is 0 Å². The summed E-state index contributed by atoms with van der Waals surface area (Å²) in [5.41, 5.74) is 0. The van der Waals surface area contributed by atoms with Crippen molar-refractivity contribution in [3.63, 3.8) is 0 Å². The van der Waals surface area contributed by atoms with E-state index in [2.05, 4.69) is 23.5 Å². The third-order valence-corrected chi connectivity index (χ3v) is 0.920. The maximum Gasteiger partial charge on any atom is 1.00 e. The van der Waals surface area contributed by atoms with Crippen LogP contribution >= 0.6 is 0 Å². The molecule has 0 aliphatic heterocycles. The Balaban J connectivity index is 0. The van der Waals surface area contributed by atoms with Gasteiger partial charge in [0.25, 0.3) is 0 Å². The summed E-state index contributed by atoms with van der Waals surface area (Å²) < 4.78 is 4.58. The summed E-state index contributed by atoms with van der Waals surface area (Å²) in [6.45, 7) is 7.58. The van der Waals surface area contributed by atoms with Gasteiger partial charge in [0.15, 0.2) is 0 Å². The first-order chi connectivity index (χ1) is 4.81. The molecule has 58 valence electrons. The monoisotopic (exact) mass is 147 g/mol. The van der Waals surface area contributed by atoms with Crippen molar-refractivity contribution in [2.75, 3.05) is 0 Å². The normalized spacial score (nSPS) is 7.55. The van der Waals surface area contributed by atoms with E-state index in [4.69, 9.17) is 0 Å². The minimum absolute atomic E-state index is 0. The third-order valence-electron chi connectivity index (χ3n) is 0.920. The average molecular weight is 147 g/mol. The van der Waals surface area contributed by atoms with Gasteiger partial charge in [0, 0.05) is 6.07 Å². The van der Waals surface area contributed by atoms with Gasteiger partial charge >= 0.3 is 18.9 Å². The van der Waals surface area contributed by atoms with Crippen LogP contribution in [0.2, 0.25) is 0 Å². The molecule has 0 atom stereocenters. The molecule has 3 heteroatoms. The smallest absolute Gasteiger partial charge is 0.362 e. The number of hydrogen-bond donors (Lipinski definition) is 0. The zero-order valence-electron chi connectivity index (χ0n) is 7.63. The third kappa shape index (κ3) is 9.81. The summed E-state index contributed by atoms with van der Waals surface area (Å²) in [6, 6.07) is 1.81. The molecule has 1 heterocycles. The summed E-state index contributed by atoms with van der Waals surface area (Å²) in [7, 11) is 0. The second kappa shape index (κ2) is 9.81. The summed E-state index contributed by atoms with van der Waals surface area (Å²) in [5, 5.41) is 3.45. The van der Waals surface area contributed by atoms with Crippen LogP contribution in [0.5, 0.6) is 0 Å². The van der Waals surface area contributed by atoms with Crippen LogP contribution in [0.1, 0.15) is 25.5 Å². The van der Waals surface area contributed by atoms with Crippen molar-refractivity contribution >= 4 is 0 Å². The summed E-state index contributed by atoms with van der Waals surface area (Å²) in [6.07, 6.45) is 3.90. The quantitative estimate of drug-likeness (QED) is 0.399. The van der Waals surface area contributed by atoms with E-state index in [0.717, 1.165) is 12.2 Å². The maximum atomic E-state index is 4.58. The Labute approximate surface area is 80.5 Å². The molecule has 0 saturated carbocycles. The van der Waals surface area contributed by atoms with Crippen molar-refractivity contribution in [3.8, 4) is 0 Å². The molecule has 0 saturated heterocycles. The molecule has 1 rings (SSSR count). The van der Waals surface area contributed by atoms with E-state index >= 15 is 0 Å². The van der Waals surface area contributed by atoms with E-state index in [-0.39, 0.29) is 18.9 Å². The Morgan fingerprint density at radius 1 is 1.64 bits per heavy atom. The molecule has 0 aromatic carbocycles. The molecular weight excluding hydrogens is 133 g/mol. The molecule has 2 nitrogen and oxygen atoms in total. The van der Waals surface area contributed by atoms with Gasteiger partial charge < -0.3 is 11.4 Å². The number of unbranched alkanes of at least 4 members (excludes halogenated alkanes) is 1. The van der Waals surface area contributed by atoms with Crippen LogP contribution in [0.4, 0.5) is 0 Å². The van der Waals surface area contributed by atoms with Crippen LogP contribution in [0.3, 0.4) is 0 Å². The minimum atomic E-state index is 0. The minimum Gasteiger partial charge on any atom is -0.362 e. The molecule has 0 spiro atoms. The van der Waals surface area contributed by atoms with Gasteiger partial charge in [0.2, 0.25) is 0 Å². The van der Waals surface area contributed by atoms with E-state index in [1.54, 1.807) is 12.3 Å². The Morgan fingerprint density at radius 2 is 2.18 bits per heavy atom. The second-order valence-corrected chi connectivity index (χ2v) is 1.98. The van der Waals surface area contributed by atoms with Crippen LogP contribution in [-0.4, -0.2) is 5.16 Å². The van der Waals surface area contributed by atoms with Gasteiger partial charge in [0.05, 0.1) is 6.20 Å². The summed E-state index contributed by atoms with van der Waals surface area (Å²) in [4.78, 5) is 0. The zero-order valence-corrected chi connectivity index (χ0v) is 7.63. The molecule has 0 N–H and O–H groups in total. The Kier molecular flexibility index (Phi) is 11.9. The molecule has 0 amide bonds. The standard InChI is InChI=1S/C4H5NO.C4H9.Li/c1-4-2-3-5-6-4;1-3-4-2;/h2-3H,1H3;1,3-4H2,2H3;/q;-1;+1. The van der Waals surface area contributed by atoms with Crippen LogP contribution in [-0.2, 0) is 0 Å². The van der Waals surface area contributed by atoms with Crippen LogP contribution in [0.25, 0.3) is 0 Å². The zero-order chi connectivity index (χ0) is 7.82. The predicted molar refractivity (Wildman–Crippen MR) is 41.5 cm³/mol. The van der Waals surface area contributed by atoms with Crippen molar-refractivity contribution in [1.29, 1.82) is 0 Å². The Bertz CT molecular complexity index is 138. The van der Waals surface area contributed by atoms with Crippen molar-refractivity contribution < 1.29 is 23.4 Å². The number of rotatable bonds is 1. The van der Waals surface area contributed by atoms with Gasteiger partial charge in [-0.05, 0) is 6.92 Å². The molecule has 0 aliphatic rings. The number of aromatic nitrogens is 1. The van der Waals surface area contributed by atoms with Gasteiger partial charge in [-0.25, -0.2) is 0 Å². The first kappa shape index (κ1) is 13.4. The van der Waals surface area contributed by atoms with Gasteiger partial charge in [-0.1, -0.05) is 18.5 Å². The molecule has 0 fully saturated rings.